The molecule has 2 nitrogen and oxygen atoms in total. The number of carboxylic acid groups (broad SMARTS) is 1. The minimum absolute atomic E-state index is 0.263. The van der Waals surface area contributed by atoms with E-state index in [9.17, 15) is 4.79 Å². The summed E-state index contributed by atoms with van der Waals surface area (Å²) in [6.07, 6.45) is 17.8. The fourth-order valence-corrected chi connectivity index (χ4v) is 2.57. The summed E-state index contributed by atoms with van der Waals surface area (Å²) in [6.45, 7) is 3.99. The van der Waals surface area contributed by atoms with Gasteiger partial charge in [-0.15, -0.1) is 5.73 Å². The van der Waals surface area contributed by atoms with Crippen LogP contribution in [0.15, 0.2) is 30.0 Å². The standard InChI is InChI=1S/C19H32O2S/c1-3-4-5-6-7-8-10-13-16-22-17-14-11-9-12-15-18(2)19(20)21/h8-10,14,18H,3-7,12-13,15-17H2,1-2H3,(H,20,21)/b10-8-. The van der Waals surface area contributed by atoms with Gasteiger partial charge in [-0.25, -0.2) is 0 Å². The number of carboxylic acids is 1. The quantitative estimate of drug-likeness (QED) is 0.247. The predicted molar refractivity (Wildman–Crippen MR) is 98.5 cm³/mol. The highest BCUT2D eigenvalue weighted by Gasteiger charge is 2.08. The molecule has 3 heteroatoms. The van der Waals surface area contributed by atoms with Gasteiger partial charge in [0.1, 0.15) is 0 Å². The van der Waals surface area contributed by atoms with Gasteiger partial charge < -0.3 is 5.11 Å². The minimum atomic E-state index is -0.716. The van der Waals surface area contributed by atoms with Crippen LogP contribution in [0, 0.1) is 5.92 Å². The third-order valence-electron chi connectivity index (χ3n) is 3.42. The number of allylic oxidation sites excluding steroid dienone is 2. The molecule has 0 aliphatic carbocycles. The zero-order valence-corrected chi connectivity index (χ0v) is 15.0. The summed E-state index contributed by atoms with van der Waals surface area (Å²) < 4.78 is 0. The summed E-state index contributed by atoms with van der Waals surface area (Å²) in [5.74, 6) is 1.15. The highest BCUT2D eigenvalue weighted by Crippen LogP contribution is 2.07. The molecule has 0 amide bonds. The zero-order valence-electron chi connectivity index (χ0n) is 14.2. The number of hydrogen-bond donors (Lipinski definition) is 1. The second-order valence-corrected chi connectivity index (χ2v) is 6.73. The maximum atomic E-state index is 10.6. The Labute approximate surface area is 140 Å². The second-order valence-electron chi connectivity index (χ2n) is 5.58. The van der Waals surface area contributed by atoms with Crippen molar-refractivity contribution in [1.82, 2.24) is 0 Å². The molecule has 22 heavy (non-hydrogen) atoms. The summed E-state index contributed by atoms with van der Waals surface area (Å²) >= 11 is 1.91. The first-order valence-corrected chi connectivity index (χ1v) is 9.68. The number of aliphatic carboxylic acids is 1. The number of thioether (sulfide) groups is 1. The van der Waals surface area contributed by atoms with E-state index in [2.05, 4.69) is 24.8 Å². The number of unbranched alkanes of at least 4 members (excludes halogenated alkanes) is 4. The molecule has 1 atom stereocenters. The summed E-state index contributed by atoms with van der Waals surface area (Å²) in [6, 6.07) is 0. The van der Waals surface area contributed by atoms with Crippen molar-refractivity contribution in [3.8, 4) is 0 Å². The molecular weight excluding hydrogens is 292 g/mol. The lowest BCUT2D eigenvalue weighted by atomic mass is 10.1. The Bertz CT molecular complexity index is 354. The van der Waals surface area contributed by atoms with E-state index >= 15 is 0 Å². The number of hydrogen-bond acceptors (Lipinski definition) is 2. The van der Waals surface area contributed by atoms with Gasteiger partial charge in [-0.2, -0.15) is 11.8 Å². The van der Waals surface area contributed by atoms with Crippen molar-refractivity contribution in [3.63, 3.8) is 0 Å². The van der Waals surface area contributed by atoms with E-state index in [4.69, 9.17) is 5.11 Å². The third-order valence-corrected chi connectivity index (χ3v) is 4.35. The van der Waals surface area contributed by atoms with E-state index in [-0.39, 0.29) is 5.92 Å². The summed E-state index contributed by atoms with van der Waals surface area (Å²) in [5.41, 5.74) is 3.13. The van der Waals surface area contributed by atoms with Crippen LogP contribution in [-0.2, 0) is 4.79 Å². The van der Waals surface area contributed by atoms with Gasteiger partial charge in [-0.1, -0.05) is 45.3 Å². The van der Waals surface area contributed by atoms with Crippen molar-refractivity contribution < 1.29 is 9.90 Å². The van der Waals surface area contributed by atoms with Gasteiger partial charge in [0, 0.05) is 5.75 Å². The van der Waals surface area contributed by atoms with Gasteiger partial charge in [0.15, 0.2) is 0 Å². The largest absolute Gasteiger partial charge is 0.481 e. The zero-order chi connectivity index (χ0) is 16.5. The van der Waals surface area contributed by atoms with Gasteiger partial charge in [0.2, 0.25) is 0 Å². The maximum Gasteiger partial charge on any atom is 0.306 e. The van der Waals surface area contributed by atoms with E-state index in [1.54, 1.807) is 6.92 Å². The molecule has 0 fully saturated rings. The molecule has 0 bridgehead atoms. The first-order valence-electron chi connectivity index (χ1n) is 8.53. The molecule has 0 aliphatic rings. The highest BCUT2D eigenvalue weighted by atomic mass is 32.2. The highest BCUT2D eigenvalue weighted by molar-refractivity contribution is 7.99. The van der Waals surface area contributed by atoms with E-state index in [0.29, 0.717) is 6.42 Å². The molecule has 0 heterocycles. The summed E-state index contributed by atoms with van der Waals surface area (Å²) in [7, 11) is 0. The van der Waals surface area contributed by atoms with Gasteiger partial charge in [-0.05, 0) is 50.0 Å². The fourth-order valence-electron chi connectivity index (χ4n) is 1.89. The smallest absolute Gasteiger partial charge is 0.306 e. The molecule has 0 aromatic rings. The summed E-state index contributed by atoms with van der Waals surface area (Å²) in [5, 5.41) is 8.75. The topological polar surface area (TPSA) is 37.3 Å². The van der Waals surface area contributed by atoms with Crippen LogP contribution in [0.25, 0.3) is 0 Å². The average molecular weight is 325 g/mol. The molecule has 0 aliphatic heterocycles. The molecule has 0 saturated carbocycles. The van der Waals surface area contributed by atoms with E-state index in [0.717, 1.165) is 24.3 Å². The molecule has 1 unspecified atom stereocenters. The lowest BCUT2D eigenvalue weighted by Crippen LogP contribution is -2.08. The van der Waals surface area contributed by atoms with Gasteiger partial charge in [-0.3, -0.25) is 4.79 Å². The lowest BCUT2D eigenvalue weighted by molar-refractivity contribution is -0.141. The van der Waals surface area contributed by atoms with Crippen LogP contribution in [0.2, 0.25) is 0 Å². The van der Waals surface area contributed by atoms with Crippen LogP contribution in [0.5, 0.6) is 0 Å². The van der Waals surface area contributed by atoms with Crippen LogP contribution in [0.3, 0.4) is 0 Å². The third kappa shape index (κ3) is 15.5. The lowest BCUT2D eigenvalue weighted by Gasteiger charge is -2.00. The van der Waals surface area contributed by atoms with Gasteiger partial charge >= 0.3 is 5.97 Å². The Balaban J connectivity index is 3.39. The van der Waals surface area contributed by atoms with Crippen molar-refractivity contribution >= 4 is 17.7 Å². The van der Waals surface area contributed by atoms with Crippen LogP contribution in [-0.4, -0.2) is 22.6 Å². The Morgan fingerprint density at radius 1 is 1.14 bits per heavy atom. The monoisotopic (exact) mass is 324 g/mol. The van der Waals surface area contributed by atoms with E-state index < -0.39 is 5.97 Å². The Kier molecular flexibility index (Phi) is 15.8. The van der Waals surface area contributed by atoms with Gasteiger partial charge in [0.05, 0.1) is 5.92 Å². The Hall–Kier alpha value is -0.920. The van der Waals surface area contributed by atoms with E-state index in [1.807, 2.05) is 23.9 Å². The maximum absolute atomic E-state index is 10.6. The molecule has 126 valence electrons. The molecule has 0 radical (unpaired) electrons. The minimum Gasteiger partial charge on any atom is -0.481 e. The fraction of sp³-hybridized carbons (Fsp3) is 0.684. The molecule has 0 aromatic carbocycles. The average Bonchev–Trinajstić information content (AvgIpc) is 2.50. The molecule has 0 rings (SSSR count). The second kappa shape index (κ2) is 16.5. The van der Waals surface area contributed by atoms with Crippen molar-refractivity contribution in [2.24, 2.45) is 5.92 Å². The van der Waals surface area contributed by atoms with Crippen molar-refractivity contribution in [2.75, 3.05) is 11.5 Å². The SMILES string of the molecule is CCCCCC/C=C\CCSCC=C=CCCC(C)C(=O)O. The number of rotatable bonds is 14. The molecule has 0 spiro atoms. The Morgan fingerprint density at radius 3 is 2.64 bits per heavy atom. The number of carbonyl (C=O) groups is 1. The van der Waals surface area contributed by atoms with E-state index in [1.165, 1.54) is 32.1 Å². The Morgan fingerprint density at radius 2 is 1.91 bits per heavy atom. The van der Waals surface area contributed by atoms with Crippen LogP contribution in [0.1, 0.15) is 65.2 Å². The predicted octanol–water partition coefficient (Wildman–Crippen LogP) is 5.85. The van der Waals surface area contributed by atoms with Crippen LogP contribution in [0.4, 0.5) is 0 Å². The normalized spacial score (nSPS) is 12.1. The molecule has 0 saturated heterocycles. The molecular formula is C19H32O2S. The first-order chi connectivity index (χ1) is 10.7. The summed E-state index contributed by atoms with van der Waals surface area (Å²) in [4.78, 5) is 10.6. The van der Waals surface area contributed by atoms with Gasteiger partial charge in [0.25, 0.3) is 0 Å². The first kappa shape index (κ1) is 21.1. The van der Waals surface area contributed by atoms with Crippen LogP contribution < -0.4 is 0 Å². The molecule has 0 aromatic heterocycles. The van der Waals surface area contributed by atoms with Crippen molar-refractivity contribution in [3.05, 3.63) is 30.0 Å². The van der Waals surface area contributed by atoms with Crippen LogP contribution >= 0.6 is 11.8 Å². The van der Waals surface area contributed by atoms with Crippen molar-refractivity contribution in [1.29, 1.82) is 0 Å². The molecule has 1 N–H and O–H groups in total. The van der Waals surface area contributed by atoms with Crippen molar-refractivity contribution in [2.45, 2.75) is 65.2 Å².